The van der Waals surface area contributed by atoms with E-state index in [-0.39, 0.29) is 29.2 Å². The number of phenolic OH excluding ortho intramolecular Hbond substituents is 1. The number of carbonyl (C=O) groups excluding carboxylic acids is 2. The Morgan fingerprint density at radius 1 is 1.25 bits per heavy atom. The summed E-state index contributed by atoms with van der Waals surface area (Å²) in [5.41, 5.74) is 1.79. The quantitative estimate of drug-likeness (QED) is 0.544. The van der Waals surface area contributed by atoms with E-state index in [0.717, 1.165) is 30.7 Å². The summed E-state index contributed by atoms with van der Waals surface area (Å²) in [7, 11) is 1.60. The summed E-state index contributed by atoms with van der Waals surface area (Å²) in [5, 5.41) is 10.5. The van der Waals surface area contributed by atoms with E-state index >= 15 is 0 Å². The number of piperidine rings is 1. The third-order valence-electron chi connectivity index (χ3n) is 5.84. The molecule has 0 bridgehead atoms. The highest BCUT2D eigenvalue weighted by Gasteiger charge is 2.33. The second-order valence-corrected chi connectivity index (χ2v) is 7.98. The van der Waals surface area contributed by atoms with Gasteiger partial charge in [0.05, 0.1) is 30.8 Å². The van der Waals surface area contributed by atoms with Crippen LogP contribution < -0.4 is 9.47 Å². The van der Waals surface area contributed by atoms with Gasteiger partial charge in [0.1, 0.15) is 17.2 Å². The number of esters is 1. The molecule has 168 valence electrons. The zero-order chi connectivity index (χ0) is 22.7. The van der Waals surface area contributed by atoms with E-state index < -0.39 is 0 Å². The maximum absolute atomic E-state index is 12.9. The number of hydrogen-bond donors (Lipinski definition) is 1. The average molecular weight is 437 g/mol. The van der Waals surface area contributed by atoms with Gasteiger partial charge in [-0.25, -0.2) is 0 Å². The first-order valence-electron chi connectivity index (χ1n) is 10.8. The monoisotopic (exact) mass is 437 g/mol. The predicted octanol–water partition coefficient (Wildman–Crippen LogP) is 3.79. The molecule has 32 heavy (non-hydrogen) atoms. The molecule has 2 heterocycles. The number of nitrogens with zero attached hydrogens (tertiary/aromatic N) is 1. The lowest BCUT2D eigenvalue weighted by Gasteiger charge is -2.31. The number of methoxy groups -OCH3 is 1. The number of phenols is 1. The van der Waals surface area contributed by atoms with E-state index in [4.69, 9.17) is 14.2 Å². The first-order valence-corrected chi connectivity index (χ1v) is 10.8. The molecule has 1 unspecified atom stereocenters. The van der Waals surface area contributed by atoms with Crippen molar-refractivity contribution in [1.82, 2.24) is 4.90 Å². The van der Waals surface area contributed by atoms with Crippen LogP contribution in [-0.2, 0) is 16.1 Å². The fourth-order valence-corrected chi connectivity index (χ4v) is 4.18. The van der Waals surface area contributed by atoms with Gasteiger partial charge in [0.2, 0.25) is 5.78 Å². The van der Waals surface area contributed by atoms with Crippen molar-refractivity contribution >= 4 is 17.8 Å². The fraction of sp³-hybridized carbons (Fsp3) is 0.360. The number of rotatable bonds is 6. The maximum atomic E-state index is 12.9. The lowest BCUT2D eigenvalue weighted by Crippen LogP contribution is -2.39. The van der Waals surface area contributed by atoms with Gasteiger partial charge in [-0.05, 0) is 62.2 Å². The molecule has 0 saturated carbocycles. The smallest absolute Gasteiger partial charge is 0.310 e. The number of aromatic hydroxyl groups is 1. The number of hydrogen-bond acceptors (Lipinski definition) is 7. The molecule has 1 atom stereocenters. The van der Waals surface area contributed by atoms with Crippen LogP contribution in [-0.4, -0.2) is 48.6 Å². The summed E-state index contributed by atoms with van der Waals surface area (Å²) >= 11 is 0. The third kappa shape index (κ3) is 4.48. The van der Waals surface area contributed by atoms with Crippen molar-refractivity contribution in [1.29, 1.82) is 0 Å². The number of benzene rings is 2. The molecule has 2 aromatic rings. The molecule has 1 N–H and O–H groups in total. The van der Waals surface area contributed by atoms with Crippen LogP contribution in [0.25, 0.3) is 6.08 Å². The molecule has 2 aromatic carbocycles. The summed E-state index contributed by atoms with van der Waals surface area (Å²) in [6.45, 7) is 3.89. The molecule has 0 aromatic heterocycles. The zero-order valence-electron chi connectivity index (χ0n) is 18.3. The third-order valence-corrected chi connectivity index (χ3v) is 5.84. The van der Waals surface area contributed by atoms with Gasteiger partial charge in [-0.2, -0.15) is 0 Å². The minimum absolute atomic E-state index is 0.0699. The van der Waals surface area contributed by atoms with Crippen molar-refractivity contribution in [2.75, 3.05) is 26.8 Å². The summed E-state index contributed by atoms with van der Waals surface area (Å²) in [4.78, 5) is 27.2. The van der Waals surface area contributed by atoms with Crippen molar-refractivity contribution in [2.45, 2.75) is 26.3 Å². The average Bonchev–Trinajstić information content (AvgIpc) is 3.12. The Bertz CT molecular complexity index is 1040. The van der Waals surface area contributed by atoms with Crippen molar-refractivity contribution in [2.24, 2.45) is 5.92 Å². The van der Waals surface area contributed by atoms with E-state index in [9.17, 15) is 14.7 Å². The van der Waals surface area contributed by atoms with Crippen LogP contribution in [0.1, 0.15) is 41.3 Å². The van der Waals surface area contributed by atoms with Gasteiger partial charge >= 0.3 is 5.97 Å². The van der Waals surface area contributed by atoms with Gasteiger partial charge in [0, 0.05) is 13.1 Å². The number of likely N-dealkylation sites (tertiary alicyclic amines) is 1. The SMILES string of the molecule is CCOC(=O)C1CCCN(Cc2c(O)ccc3c2O/C(=C\c2ccc(OC)cc2)C3=O)C1. The van der Waals surface area contributed by atoms with Crippen LogP contribution in [0.15, 0.2) is 42.2 Å². The first-order chi connectivity index (χ1) is 15.5. The van der Waals surface area contributed by atoms with Crippen molar-refractivity contribution in [3.05, 3.63) is 58.8 Å². The minimum atomic E-state index is -0.222. The highest BCUT2D eigenvalue weighted by Crippen LogP contribution is 2.40. The Morgan fingerprint density at radius 2 is 2.03 bits per heavy atom. The molecule has 0 spiro atoms. The van der Waals surface area contributed by atoms with Crippen molar-refractivity contribution in [3.8, 4) is 17.2 Å². The second kappa shape index (κ2) is 9.44. The number of ketones is 1. The molecule has 0 aliphatic carbocycles. The molecular formula is C25H27NO6. The number of ether oxygens (including phenoxy) is 3. The van der Waals surface area contributed by atoms with Crippen LogP contribution in [0.3, 0.4) is 0 Å². The van der Waals surface area contributed by atoms with E-state index in [1.807, 2.05) is 24.3 Å². The highest BCUT2D eigenvalue weighted by molar-refractivity contribution is 6.15. The van der Waals surface area contributed by atoms with Gasteiger partial charge in [0.15, 0.2) is 5.76 Å². The Hall–Kier alpha value is -3.32. The normalized spacial score (nSPS) is 19.5. The second-order valence-electron chi connectivity index (χ2n) is 7.98. The molecule has 1 fully saturated rings. The van der Waals surface area contributed by atoms with Gasteiger partial charge in [-0.3, -0.25) is 14.5 Å². The minimum Gasteiger partial charge on any atom is -0.507 e. The standard InChI is InChI=1S/C25H27NO6/c1-3-31-25(29)17-5-4-12-26(14-17)15-20-21(27)11-10-19-23(28)22(32-24(19)20)13-16-6-8-18(30-2)9-7-16/h6-11,13,17,27H,3-5,12,14-15H2,1-2H3/b22-13-. The summed E-state index contributed by atoms with van der Waals surface area (Å²) in [6.07, 6.45) is 3.33. The van der Waals surface area contributed by atoms with Crippen LogP contribution in [0.5, 0.6) is 17.2 Å². The lowest BCUT2D eigenvalue weighted by molar-refractivity contribution is -0.150. The zero-order valence-corrected chi connectivity index (χ0v) is 18.3. The van der Waals surface area contributed by atoms with E-state index in [0.29, 0.717) is 36.6 Å². The van der Waals surface area contributed by atoms with Crippen molar-refractivity contribution in [3.63, 3.8) is 0 Å². The molecule has 0 amide bonds. The van der Waals surface area contributed by atoms with Gasteiger partial charge in [-0.15, -0.1) is 0 Å². The Labute approximate surface area is 187 Å². The molecule has 2 aliphatic heterocycles. The first kappa shape index (κ1) is 21.9. The molecular weight excluding hydrogens is 410 g/mol. The molecule has 1 saturated heterocycles. The van der Waals surface area contributed by atoms with Gasteiger partial charge in [0.25, 0.3) is 0 Å². The molecule has 4 rings (SSSR count). The van der Waals surface area contributed by atoms with E-state index in [2.05, 4.69) is 4.90 Å². The fourth-order valence-electron chi connectivity index (χ4n) is 4.18. The Balaban J connectivity index is 1.55. The highest BCUT2D eigenvalue weighted by atomic mass is 16.5. The summed E-state index contributed by atoms with van der Waals surface area (Å²) in [5.74, 6) is 0.796. The van der Waals surface area contributed by atoms with Crippen LogP contribution in [0.4, 0.5) is 0 Å². The number of Topliss-reactive ketones (excluding diaryl/α,β-unsaturated/α-hetero) is 1. The van der Waals surface area contributed by atoms with Crippen LogP contribution in [0, 0.1) is 5.92 Å². The lowest BCUT2D eigenvalue weighted by atomic mass is 9.97. The summed E-state index contributed by atoms with van der Waals surface area (Å²) < 4.78 is 16.3. The van der Waals surface area contributed by atoms with Crippen LogP contribution in [0.2, 0.25) is 0 Å². The summed E-state index contributed by atoms with van der Waals surface area (Å²) in [6, 6.07) is 10.4. The number of allylic oxidation sites excluding steroid dienone is 1. The van der Waals surface area contributed by atoms with E-state index in [1.165, 1.54) is 6.07 Å². The molecule has 7 nitrogen and oxygen atoms in total. The van der Waals surface area contributed by atoms with Gasteiger partial charge < -0.3 is 19.3 Å². The molecule has 0 radical (unpaired) electrons. The largest absolute Gasteiger partial charge is 0.507 e. The Morgan fingerprint density at radius 3 is 2.75 bits per heavy atom. The molecule has 2 aliphatic rings. The molecule has 7 heteroatoms. The van der Waals surface area contributed by atoms with Crippen LogP contribution >= 0.6 is 0 Å². The number of fused-ring (bicyclic) bond motifs is 1. The predicted molar refractivity (Wildman–Crippen MR) is 119 cm³/mol. The van der Waals surface area contributed by atoms with Crippen molar-refractivity contribution < 1.29 is 28.9 Å². The van der Waals surface area contributed by atoms with Gasteiger partial charge in [-0.1, -0.05) is 12.1 Å². The Kier molecular flexibility index (Phi) is 6.46. The maximum Gasteiger partial charge on any atom is 0.310 e. The topological polar surface area (TPSA) is 85.3 Å². The van der Waals surface area contributed by atoms with E-state index in [1.54, 1.807) is 26.2 Å². The number of carbonyl (C=O) groups is 2.